The number of nitrogens with one attached hydrogen (secondary N) is 1. The first-order chi connectivity index (χ1) is 10.2. The highest BCUT2D eigenvalue weighted by molar-refractivity contribution is 4.91. The lowest BCUT2D eigenvalue weighted by Gasteiger charge is -2.40. The smallest absolute Gasteiger partial charge is 0.0589 e. The molecular formula is C18H36N2O. The summed E-state index contributed by atoms with van der Waals surface area (Å²) in [5.41, 5.74) is 0.497. The van der Waals surface area contributed by atoms with Gasteiger partial charge in [-0.1, -0.05) is 25.7 Å². The molecule has 0 spiro atoms. The van der Waals surface area contributed by atoms with E-state index in [1.54, 1.807) is 0 Å². The summed E-state index contributed by atoms with van der Waals surface area (Å²) in [4.78, 5) is 2.64. The van der Waals surface area contributed by atoms with Crippen LogP contribution in [0.1, 0.15) is 65.2 Å². The third-order valence-corrected chi connectivity index (χ3v) is 5.36. The molecule has 3 heteroatoms. The summed E-state index contributed by atoms with van der Waals surface area (Å²) >= 11 is 0. The Morgan fingerprint density at radius 2 is 1.81 bits per heavy atom. The molecule has 0 heterocycles. The van der Waals surface area contributed by atoms with Crippen molar-refractivity contribution in [3.8, 4) is 0 Å². The maximum Gasteiger partial charge on any atom is 0.0589 e. The first kappa shape index (κ1) is 17.2. The normalized spacial score (nSPS) is 22.7. The Balaban J connectivity index is 1.96. The lowest BCUT2D eigenvalue weighted by atomic mass is 9.79. The summed E-state index contributed by atoms with van der Waals surface area (Å²) in [6.45, 7) is 9.05. The Bertz CT molecular complexity index is 281. The van der Waals surface area contributed by atoms with Crippen molar-refractivity contribution in [2.45, 2.75) is 77.3 Å². The average Bonchev–Trinajstić information content (AvgIpc) is 3.29. The highest BCUT2D eigenvalue weighted by Gasteiger charge is 2.35. The summed E-state index contributed by atoms with van der Waals surface area (Å²) in [7, 11) is 1.81. The molecular weight excluding hydrogens is 260 g/mol. The van der Waals surface area contributed by atoms with Gasteiger partial charge < -0.3 is 10.1 Å². The molecule has 0 aromatic rings. The predicted molar refractivity (Wildman–Crippen MR) is 89.7 cm³/mol. The van der Waals surface area contributed by atoms with Gasteiger partial charge in [-0.25, -0.2) is 0 Å². The molecule has 2 fully saturated rings. The summed E-state index contributed by atoms with van der Waals surface area (Å²) < 4.78 is 5.32. The summed E-state index contributed by atoms with van der Waals surface area (Å²) in [5.74, 6) is 0. The average molecular weight is 296 g/mol. The minimum absolute atomic E-state index is 0.497. The van der Waals surface area contributed by atoms with Gasteiger partial charge in [0.05, 0.1) is 6.61 Å². The molecule has 2 rings (SSSR count). The zero-order valence-corrected chi connectivity index (χ0v) is 14.5. The third kappa shape index (κ3) is 5.88. The molecule has 0 unspecified atom stereocenters. The van der Waals surface area contributed by atoms with Gasteiger partial charge in [-0.2, -0.15) is 0 Å². The minimum Gasteiger partial charge on any atom is -0.383 e. The van der Waals surface area contributed by atoms with Crippen LogP contribution in [0.2, 0.25) is 0 Å². The fourth-order valence-electron chi connectivity index (χ4n) is 3.68. The van der Waals surface area contributed by atoms with E-state index in [4.69, 9.17) is 4.74 Å². The molecule has 0 aromatic heterocycles. The van der Waals surface area contributed by atoms with Crippen molar-refractivity contribution >= 4 is 0 Å². The fraction of sp³-hybridized carbons (Fsp3) is 1.00. The number of nitrogens with zero attached hydrogens (tertiary/aromatic N) is 1. The number of methoxy groups -OCH3 is 1. The van der Waals surface area contributed by atoms with E-state index in [1.807, 2.05) is 7.11 Å². The van der Waals surface area contributed by atoms with Gasteiger partial charge in [0.15, 0.2) is 0 Å². The van der Waals surface area contributed by atoms with Gasteiger partial charge in [-0.05, 0) is 44.9 Å². The molecule has 1 N–H and O–H groups in total. The van der Waals surface area contributed by atoms with Crippen LogP contribution in [0.3, 0.4) is 0 Å². The van der Waals surface area contributed by atoms with E-state index in [-0.39, 0.29) is 0 Å². The van der Waals surface area contributed by atoms with Crippen molar-refractivity contribution in [1.29, 1.82) is 0 Å². The molecule has 21 heavy (non-hydrogen) atoms. The maximum atomic E-state index is 5.32. The van der Waals surface area contributed by atoms with E-state index in [9.17, 15) is 0 Å². The third-order valence-electron chi connectivity index (χ3n) is 5.36. The van der Waals surface area contributed by atoms with E-state index >= 15 is 0 Å². The first-order valence-corrected chi connectivity index (χ1v) is 9.12. The van der Waals surface area contributed by atoms with Crippen LogP contribution in [0, 0.1) is 5.41 Å². The molecule has 2 aliphatic rings. The molecule has 2 saturated carbocycles. The molecule has 0 radical (unpaired) electrons. The summed E-state index contributed by atoms with van der Waals surface area (Å²) in [5, 5.41) is 3.84. The molecule has 0 saturated heterocycles. The second-order valence-corrected chi connectivity index (χ2v) is 7.63. The molecule has 0 atom stereocenters. The molecule has 124 valence electrons. The van der Waals surface area contributed by atoms with Crippen LogP contribution < -0.4 is 5.32 Å². The van der Waals surface area contributed by atoms with E-state index < -0.39 is 0 Å². The Labute approximate surface area is 131 Å². The lowest BCUT2D eigenvalue weighted by molar-refractivity contribution is 0.0738. The zero-order valence-electron chi connectivity index (χ0n) is 14.5. The van der Waals surface area contributed by atoms with Crippen molar-refractivity contribution in [3.63, 3.8) is 0 Å². The predicted octanol–water partition coefficient (Wildman–Crippen LogP) is 3.44. The monoisotopic (exact) mass is 296 g/mol. The Hall–Kier alpha value is -0.120. The van der Waals surface area contributed by atoms with Gasteiger partial charge in [0.25, 0.3) is 0 Å². The van der Waals surface area contributed by atoms with Gasteiger partial charge >= 0.3 is 0 Å². The van der Waals surface area contributed by atoms with Crippen molar-refractivity contribution in [2.24, 2.45) is 5.41 Å². The van der Waals surface area contributed by atoms with Crippen molar-refractivity contribution < 1.29 is 4.74 Å². The SMILES string of the molecule is COCCN(CC1(CNC2CC2)CCCCCC1)C(C)C. The van der Waals surface area contributed by atoms with E-state index in [2.05, 4.69) is 24.1 Å². The molecule has 3 nitrogen and oxygen atoms in total. The fourth-order valence-corrected chi connectivity index (χ4v) is 3.68. The number of ether oxygens (including phenoxy) is 1. The van der Waals surface area contributed by atoms with Crippen LogP contribution in [0.5, 0.6) is 0 Å². The van der Waals surface area contributed by atoms with Crippen LogP contribution in [0.4, 0.5) is 0 Å². The second-order valence-electron chi connectivity index (χ2n) is 7.63. The summed E-state index contributed by atoms with van der Waals surface area (Å²) in [6.07, 6.45) is 11.3. The Morgan fingerprint density at radius 1 is 1.14 bits per heavy atom. The van der Waals surface area contributed by atoms with Crippen LogP contribution >= 0.6 is 0 Å². The van der Waals surface area contributed by atoms with Gasteiger partial charge in [0.2, 0.25) is 0 Å². The summed E-state index contributed by atoms with van der Waals surface area (Å²) in [6, 6.07) is 1.44. The van der Waals surface area contributed by atoms with Crippen molar-refractivity contribution in [3.05, 3.63) is 0 Å². The van der Waals surface area contributed by atoms with Crippen LogP contribution in [0.25, 0.3) is 0 Å². The molecule has 0 aliphatic heterocycles. The van der Waals surface area contributed by atoms with Gasteiger partial charge in [-0.15, -0.1) is 0 Å². The second kappa shape index (κ2) is 8.50. The van der Waals surface area contributed by atoms with Crippen LogP contribution in [-0.2, 0) is 4.74 Å². The van der Waals surface area contributed by atoms with Gasteiger partial charge in [0, 0.05) is 38.8 Å². The first-order valence-electron chi connectivity index (χ1n) is 9.12. The van der Waals surface area contributed by atoms with E-state index in [1.165, 1.54) is 64.5 Å². The molecule has 0 bridgehead atoms. The largest absolute Gasteiger partial charge is 0.383 e. The molecule has 0 amide bonds. The lowest BCUT2D eigenvalue weighted by Crippen LogP contribution is -2.47. The standard InChI is InChI=1S/C18H36N2O/c1-16(2)20(12-13-21-3)15-18(14-19-17-8-9-17)10-6-4-5-7-11-18/h16-17,19H,4-15H2,1-3H3. The van der Waals surface area contributed by atoms with Crippen LogP contribution in [-0.4, -0.2) is 50.3 Å². The van der Waals surface area contributed by atoms with Gasteiger partial charge in [-0.3, -0.25) is 4.90 Å². The van der Waals surface area contributed by atoms with Gasteiger partial charge in [0.1, 0.15) is 0 Å². The van der Waals surface area contributed by atoms with Crippen LogP contribution in [0.15, 0.2) is 0 Å². The van der Waals surface area contributed by atoms with Crippen molar-refractivity contribution in [1.82, 2.24) is 10.2 Å². The van der Waals surface area contributed by atoms with E-state index in [0.717, 1.165) is 19.2 Å². The highest BCUT2D eigenvalue weighted by Crippen LogP contribution is 2.36. The van der Waals surface area contributed by atoms with E-state index in [0.29, 0.717) is 11.5 Å². The quantitative estimate of drug-likeness (QED) is 0.660. The maximum absolute atomic E-state index is 5.32. The Kier molecular flexibility index (Phi) is 6.97. The Morgan fingerprint density at radius 3 is 2.33 bits per heavy atom. The molecule has 0 aromatic carbocycles. The van der Waals surface area contributed by atoms with Crippen molar-refractivity contribution in [2.75, 3.05) is 33.4 Å². The number of hydrogen-bond donors (Lipinski definition) is 1. The topological polar surface area (TPSA) is 24.5 Å². The number of hydrogen-bond acceptors (Lipinski definition) is 3. The molecule has 2 aliphatic carbocycles. The minimum atomic E-state index is 0.497. The number of rotatable bonds is 9. The zero-order chi connectivity index (χ0) is 15.1. The highest BCUT2D eigenvalue weighted by atomic mass is 16.5.